The zero-order chi connectivity index (χ0) is 11.7. The number of nitrogens with zero attached hydrogens (tertiary/aromatic N) is 1. The minimum Gasteiger partial charge on any atom is -0.394 e. The van der Waals surface area contributed by atoms with Crippen LogP contribution in [0.15, 0.2) is 0 Å². The lowest BCUT2D eigenvalue weighted by atomic mass is 10.3. The van der Waals surface area contributed by atoms with E-state index in [0.29, 0.717) is 13.2 Å². The fraction of sp³-hybridized carbons (Fsp3) is 0.900. The second-order valence-corrected chi connectivity index (χ2v) is 3.60. The van der Waals surface area contributed by atoms with Crippen LogP contribution in [-0.2, 0) is 9.53 Å². The van der Waals surface area contributed by atoms with Crippen LogP contribution < -0.4 is 5.32 Å². The van der Waals surface area contributed by atoms with Gasteiger partial charge >= 0.3 is 0 Å². The Morgan fingerprint density at radius 1 is 1.47 bits per heavy atom. The molecule has 0 aliphatic rings. The van der Waals surface area contributed by atoms with Crippen molar-refractivity contribution >= 4 is 5.91 Å². The van der Waals surface area contributed by atoms with Crippen molar-refractivity contribution in [1.29, 1.82) is 0 Å². The minimum atomic E-state index is -0.155. The van der Waals surface area contributed by atoms with Crippen LogP contribution in [0, 0.1) is 0 Å². The summed E-state index contributed by atoms with van der Waals surface area (Å²) in [6, 6.07) is -0.155. The minimum absolute atomic E-state index is 0.0585. The number of likely N-dealkylation sites (N-methyl/N-ethyl adjacent to an activating group) is 1. The molecule has 0 aromatic carbocycles. The summed E-state index contributed by atoms with van der Waals surface area (Å²) >= 11 is 0. The Labute approximate surface area is 91.4 Å². The molecule has 0 aromatic heterocycles. The molecule has 90 valence electrons. The number of hydrogen-bond donors (Lipinski definition) is 2. The molecule has 2 N–H and O–H groups in total. The van der Waals surface area contributed by atoms with E-state index in [1.54, 1.807) is 19.0 Å². The van der Waals surface area contributed by atoms with Crippen LogP contribution in [0.3, 0.4) is 0 Å². The molecule has 5 heteroatoms. The molecule has 1 atom stereocenters. The van der Waals surface area contributed by atoms with Crippen LogP contribution in [0.4, 0.5) is 0 Å². The van der Waals surface area contributed by atoms with Crippen molar-refractivity contribution in [2.45, 2.75) is 19.4 Å². The Kier molecular flexibility index (Phi) is 8.27. The molecule has 0 rings (SSSR count). The van der Waals surface area contributed by atoms with Crippen molar-refractivity contribution in [3.05, 3.63) is 0 Å². The van der Waals surface area contributed by atoms with Gasteiger partial charge in [-0.25, -0.2) is 0 Å². The van der Waals surface area contributed by atoms with Crippen LogP contribution in [0.5, 0.6) is 0 Å². The second-order valence-electron chi connectivity index (χ2n) is 3.60. The third-order valence-electron chi connectivity index (χ3n) is 1.96. The van der Waals surface area contributed by atoms with Gasteiger partial charge in [0.05, 0.1) is 19.3 Å². The van der Waals surface area contributed by atoms with Crippen molar-refractivity contribution in [2.24, 2.45) is 0 Å². The number of amides is 1. The molecule has 5 nitrogen and oxygen atoms in total. The molecule has 1 amide bonds. The van der Waals surface area contributed by atoms with Crippen LogP contribution in [-0.4, -0.2) is 62.4 Å². The summed E-state index contributed by atoms with van der Waals surface area (Å²) in [5, 5.41) is 11.6. The largest absolute Gasteiger partial charge is 0.394 e. The van der Waals surface area contributed by atoms with Gasteiger partial charge in [-0.1, -0.05) is 0 Å². The maximum absolute atomic E-state index is 11.4. The highest BCUT2D eigenvalue weighted by Gasteiger charge is 2.12. The van der Waals surface area contributed by atoms with E-state index in [-0.39, 0.29) is 18.6 Å². The normalized spacial score (nSPS) is 12.5. The lowest BCUT2D eigenvalue weighted by molar-refractivity contribution is -0.130. The third kappa shape index (κ3) is 7.30. The molecule has 0 fully saturated rings. The molecule has 0 saturated carbocycles. The second kappa shape index (κ2) is 8.64. The lowest BCUT2D eigenvalue weighted by Crippen LogP contribution is -2.42. The smallest absolute Gasteiger partial charge is 0.238 e. The summed E-state index contributed by atoms with van der Waals surface area (Å²) in [6.07, 6.45) is 0.838. The quantitative estimate of drug-likeness (QED) is 0.537. The van der Waals surface area contributed by atoms with Gasteiger partial charge in [0.2, 0.25) is 5.91 Å². The average molecular weight is 218 g/mol. The monoisotopic (exact) mass is 218 g/mol. The first-order chi connectivity index (χ1) is 7.09. The number of hydrogen-bond acceptors (Lipinski definition) is 4. The molecule has 0 bridgehead atoms. The van der Waals surface area contributed by atoms with Crippen molar-refractivity contribution in [2.75, 3.05) is 40.5 Å². The highest BCUT2D eigenvalue weighted by atomic mass is 16.5. The molecule has 15 heavy (non-hydrogen) atoms. The third-order valence-corrected chi connectivity index (χ3v) is 1.96. The fourth-order valence-electron chi connectivity index (χ4n) is 1.13. The molecule has 0 aliphatic heterocycles. The molecule has 0 saturated heterocycles. The van der Waals surface area contributed by atoms with Crippen LogP contribution in [0.25, 0.3) is 0 Å². The summed E-state index contributed by atoms with van der Waals surface area (Å²) in [7, 11) is 3.48. The molecule has 0 spiro atoms. The number of carbonyl (C=O) groups excluding carboxylic acids is 1. The molecule has 0 radical (unpaired) electrons. The molecular weight excluding hydrogens is 196 g/mol. The van der Waals surface area contributed by atoms with E-state index in [1.165, 1.54) is 0 Å². The SMILES string of the molecule is CC(NCCCOCCO)C(=O)N(C)C. The first-order valence-corrected chi connectivity index (χ1v) is 5.22. The number of carbonyl (C=O) groups is 1. The van der Waals surface area contributed by atoms with Gasteiger partial charge in [-0.2, -0.15) is 0 Å². The highest BCUT2D eigenvalue weighted by Crippen LogP contribution is 1.89. The number of nitrogens with one attached hydrogen (secondary N) is 1. The molecule has 0 aliphatic carbocycles. The predicted octanol–water partition coefficient (Wildman–Crippen LogP) is -0.548. The van der Waals surface area contributed by atoms with E-state index in [0.717, 1.165) is 13.0 Å². The van der Waals surface area contributed by atoms with Gasteiger partial charge in [-0.15, -0.1) is 0 Å². The molecule has 0 heterocycles. The maximum atomic E-state index is 11.4. The van der Waals surface area contributed by atoms with Gasteiger partial charge < -0.3 is 20.1 Å². The van der Waals surface area contributed by atoms with Gasteiger partial charge in [0, 0.05) is 20.7 Å². The average Bonchev–Trinajstić information content (AvgIpc) is 2.21. The van der Waals surface area contributed by atoms with E-state index in [9.17, 15) is 4.79 Å². The first kappa shape index (κ1) is 14.3. The van der Waals surface area contributed by atoms with Gasteiger partial charge in [0.1, 0.15) is 0 Å². The lowest BCUT2D eigenvalue weighted by Gasteiger charge is -2.17. The molecular formula is C10H22N2O3. The van der Waals surface area contributed by atoms with E-state index in [4.69, 9.17) is 9.84 Å². The van der Waals surface area contributed by atoms with Crippen molar-refractivity contribution in [1.82, 2.24) is 10.2 Å². The summed E-state index contributed by atoms with van der Waals surface area (Å²) in [4.78, 5) is 13.0. The zero-order valence-corrected chi connectivity index (χ0v) is 9.82. The van der Waals surface area contributed by atoms with Crippen LogP contribution in [0.2, 0.25) is 0 Å². The Bertz CT molecular complexity index is 174. The van der Waals surface area contributed by atoms with Crippen LogP contribution >= 0.6 is 0 Å². The van der Waals surface area contributed by atoms with E-state index in [2.05, 4.69) is 5.32 Å². The number of aliphatic hydroxyl groups excluding tert-OH is 1. The molecule has 0 aromatic rings. The standard InChI is InChI=1S/C10H22N2O3/c1-9(10(14)12(2)3)11-5-4-7-15-8-6-13/h9,11,13H,4-8H2,1-3H3. The maximum Gasteiger partial charge on any atom is 0.238 e. The zero-order valence-electron chi connectivity index (χ0n) is 9.82. The van der Waals surface area contributed by atoms with Gasteiger partial charge in [0.15, 0.2) is 0 Å². The van der Waals surface area contributed by atoms with Crippen LogP contribution in [0.1, 0.15) is 13.3 Å². The van der Waals surface area contributed by atoms with E-state index >= 15 is 0 Å². The Hall–Kier alpha value is -0.650. The fourth-order valence-corrected chi connectivity index (χ4v) is 1.13. The summed E-state index contributed by atoms with van der Waals surface area (Å²) < 4.78 is 5.09. The van der Waals surface area contributed by atoms with Gasteiger partial charge in [-0.05, 0) is 19.9 Å². The number of ether oxygens (including phenoxy) is 1. The number of aliphatic hydroxyl groups is 1. The van der Waals surface area contributed by atoms with E-state index < -0.39 is 0 Å². The predicted molar refractivity (Wildman–Crippen MR) is 58.7 cm³/mol. The summed E-state index contributed by atoms with van der Waals surface area (Å²) in [5.41, 5.74) is 0. The first-order valence-electron chi connectivity index (χ1n) is 5.22. The summed E-state index contributed by atoms with van der Waals surface area (Å²) in [6.45, 7) is 3.63. The van der Waals surface area contributed by atoms with Crippen molar-refractivity contribution < 1.29 is 14.6 Å². The van der Waals surface area contributed by atoms with Crippen molar-refractivity contribution in [3.8, 4) is 0 Å². The molecule has 1 unspecified atom stereocenters. The number of rotatable bonds is 8. The summed E-state index contributed by atoms with van der Waals surface area (Å²) in [5.74, 6) is 0.0753. The highest BCUT2D eigenvalue weighted by molar-refractivity contribution is 5.80. The Balaban J connectivity index is 3.39. The van der Waals surface area contributed by atoms with Gasteiger partial charge in [-0.3, -0.25) is 4.79 Å². The Morgan fingerprint density at radius 2 is 2.13 bits per heavy atom. The van der Waals surface area contributed by atoms with E-state index in [1.807, 2.05) is 6.92 Å². The Morgan fingerprint density at radius 3 is 2.67 bits per heavy atom. The van der Waals surface area contributed by atoms with Crippen molar-refractivity contribution in [3.63, 3.8) is 0 Å². The van der Waals surface area contributed by atoms with Gasteiger partial charge in [0.25, 0.3) is 0 Å². The topological polar surface area (TPSA) is 61.8 Å².